The highest BCUT2D eigenvalue weighted by Gasteiger charge is 2.68. The van der Waals surface area contributed by atoms with E-state index in [0.29, 0.717) is 35.0 Å². The van der Waals surface area contributed by atoms with Gasteiger partial charge >= 0.3 is 0 Å². The summed E-state index contributed by atoms with van der Waals surface area (Å²) < 4.78 is 0. The average Bonchev–Trinajstić information content (AvgIpc) is 3.31. The Morgan fingerprint density at radius 1 is 0.788 bits per heavy atom. The molecule has 3 N–H and O–H groups in total. The molecule has 0 heterocycles. The van der Waals surface area contributed by atoms with E-state index >= 15 is 0 Å². The highest BCUT2D eigenvalue weighted by molar-refractivity contribution is 5.18. The smallest absolute Gasteiger partial charge is 0.0985 e. The summed E-state index contributed by atoms with van der Waals surface area (Å²) in [6.07, 6.45) is 8.06. The summed E-state index contributed by atoms with van der Waals surface area (Å²) in [6, 6.07) is 0. The summed E-state index contributed by atoms with van der Waals surface area (Å²) in [5.74, 6) is 5.69. The second-order valence-electron chi connectivity index (χ2n) is 14.8. The average molecular weight is 461 g/mol. The van der Waals surface area contributed by atoms with Crippen molar-refractivity contribution in [3.63, 3.8) is 0 Å². The van der Waals surface area contributed by atoms with E-state index < -0.39 is 17.8 Å². The van der Waals surface area contributed by atoms with Crippen molar-refractivity contribution >= 4 is 0 Å². The van der Waals surface area contributed by atoms with Gasteiger partial charge in [-0.3, -0.25) is 0 Å². The van der Waals surface area contributed by atoms with Crippen molar-refractivity contribution < 1.29 is 15.3 Å². The largest absolute Gasteiger partial charge is 0.393 e. The highest BCUT2D eigenvalue weighted by atomic mass is 16.3. The van der Waals surface area contributed by atoms with Crippen LogP contribution in [0.25, 0.3) is 0 Å². The highest BCUT2D eigenvalue weighted by Crippen LogP contribution is 2.72. The molecular weight excluding hydrogens is 408 g/mol. The minimum absolute atomic E-state index is 0.263. The first kappa shape index (κ1) is 24.6. The first-order valence-corrected chi connectivity index (χ1v) is 14.4. The molecule has 5 rings (SSSR count). The Hall–Kier alpha value is -0.120. The minimum atomic E-state index is -1.12. The van der Waals surface area contributed by atoms with Gasteiger partial charge in [0.15, 0.2) is 0 Å². The number of rotatable bonds is 4. The van der Waals surface area contributed by atoms with Crippen LogP contribution in [-0.2, 0) is 0 Å². The van der Waals surface area contributed by atoms with E-state index in [2.05, 4.69) is 48.5 Å². The van der Waals surface area contributed by atoms with Crippen molar-refractivity contribution in [3.05, 3.63) is 0 Å². The van der Waals surface area contributed by atoms with E-state index in [1.165, 1.54) is 32.1 Å². The monoisotopic (exact) mass is 460 g/mol. The van der Waals surface area contributed by atoms with Gasteiger partial charge in [-0.15, -0.1) is 0 Å². The predicted octanol–water partition coefficient (Wildman–Crippen LogP) is 6.05. The molecule has 0 spiro atoms. The van der Waals surface area contributed by atoms with E-state index in [4.69, 9.17) is 0 Å². The van der Waals surface area contributed by atoms with Crippen LogP contribution in [0, 0.1) is 63.6 Å². The molecule has 0 saturated heterocycles. The Morgan fingerprint density at radius 2 is 1.48 bits per heavy atom. The molecule has 13 atom stereocenters. The summed E-state index contributed by atoms with van der Waals surface area (Å²) in [5, 5.41) is 33.3. The molecule has 0 amide bonds. The van der Waals surface area contributed by atoms with Gasteiger partial charge in [-0.25, -0.2) is 0 Å². The molecule has 0 aromatic heterocycles. The van der Waals surface area contributed by atoms with Gasteiger partial charge in [0.2, 0.25) is 0 Å². The van der Waals surface area contributed by atoms with Crippen molar-refractivity contribution in [2.75, 3.05) is 0 Å². The topological polar surface area (TPSA) is 60.7 Å². The maximum Gasteiger partial charge on any atom is 0.0985 e. The second kappa shape index (κ2) is 7.69. The van der Waals surface area contributed by atoms with E-state index in [9.17, 15) is 15.3 Å². The molecule has 3 heteroatoms. The van der Waals surface area contributed by atoms with Crippen LogP contribution in [0.1, 0.15) is 106 Å². The third kappa shape index (κ3) is 3.23. The number of aliphatic hydroxyl groups excluding tert-OH is 2. The summed E-state index contributed by atoms with van der Waals surface area (Å²) in [4.78, 5) is 0. The predicted molar refractivity (Wildman–Crippen MR) is 133 cm³/mol. The van der Waals surface area contributed by atoms with E-state index in [1.54, 1.807) is 0 Å². The molecule has 3 nitrogen and oxygen atoms in total. The van der Waals surface area contributed by atoms with Gasteiger partial charge in [0, 0.05) is 11.8 Å². The summed E-state index contributed by atoms with van der Waals surface area (Å²) in [7, 11) is 0. The van der Waals surface area contributed by atoms with Crippen molar-refractivity contribution in [1.82, 2.24) is 0 Å². The van der Waals surface area contributed by atoms with Crippen LogP contribution >= 0.6 is 0 Å². The van der Waals surface area contributed by atoms with Crippen LogP contribution in [0.15, 0.2) is 0 Å². The van der Waals surface area contributed by atoms with Crippen LogP contribution in [0.5, 0.6) is 0 Å². The van der Waals surface area contributed by atoms with Gasteiger partial charge in [0.25, 0.3) is 0 Å². The van der Waals surface area contributed by atoms with Crippen molar-refractivity contribution in [1.29, 1.82) is 0 Å². The molecule has 5 aliphatic rings. The lowest BCUT2D eigenvalue weighted by Gasteiger charge is -2.65. The third-order valence-electron chi connectivity index (χ3n) is 13.6. The lowest BCUT2D eigenvalue weighted by Crippen LogP contribution is -2.68. The second-order valence-corrected chi connectivity index (χ2v) is 14.8. The van der Waals surface area contributed by atoms with Crippen LogP contribution in [0.4, 0.5) is 0 Å². The first-order valence-electron chi connectivity index (χ1n) is 14.4. The van der Waals surface area contributed by atoms with Crippen LogP contribution < -0.4 is 0 Å². The fourth-order valence-electron chi connectivity index (χ4n) is 10.9. The van der Waals surface area contributed by atoms with Gasteiger partial charge in [0.1, 0.15) is 0 Å². The summed E-state index contributed by atoms with van der Waals surface area (Å²) in [5.41, 5.74) is -0.479. The lowest BCUT2D eigenvalue weighted by molar-refractivity contribution is -0.265. The van der Waals surface area contributed by atoms with Gasteiger partial charge < -0.3 is 15.3 Å². The zero-order valence-corrected chi connectivity index (χ0v) is 22.5. The molecule has 190 valence electrons. The standard InChI is InChI=1S/C30H52O3/c1-17(2)19(4)28(6)16-25(28)18(3)22-8-9-23-21-14-26(32)30(33)15-20(31)10-13-29(30,7)24(21)11-12-27(22,23)5/h17-26,31-33H,8-16H2,1-7H3/t18-,19+,20-,21-,22+,23?,24?,25+,26+,27+,28+,29+,30-/m0/s1. The number of aliphatic hydroxyl groups is 3. The molecule has 0 radical (unpaired) electrons. The molecule has 0 bridgehead atoms. The summed E-state index contributed by atoms with van der Waals surface area (Å²) >= 11 is 0. The first-order chi connectivity index (χ1) is 15.3. The molecule has 5 fully saturated rings. The van der Waals surface area contributed by atoms with E-state index in [-0.39, 0.29) is 5.41 Å². The molecule has 2 unspecified atom stereocenters. The normalized spacial score (nSPS) is 57.7. The van der Waals surface area contributed by atoms with Gasteiger partial charge in [-0.05, 0) is 110 Å². The maximum absolute atomic E-state index is 11.7. The van der Waals surface area contributed by atoms with E-state index in [1.807, 2.05) is 0 Å². The van der Waals surface area contributed by atoms with Gasteiger partial charge in [-0.2, -0.15) is 0 Å². The van der Waals surface area contributed by atoms with Crippen molar-refractivity contribution in [2.45, 2.75) is 124 Å². The van der Waals surface area contributed by atoms with Gasteiger partial charge in [0.05, 0.1) is 17.8 Å². The molecule has 33 heavy (non-hydrogen) atoms. The zero-order chi connectivity index (χ0) is 24.1. The Balaban J connectivity index is 1.37. The molecule has 0 aromatic rings. The molecular formula is C30H52O3. The Morgan fingerprint density at radius 3 is 2.15 bits per heavy atom. The van der Waals surface area contributed by atoms with Crippen molar-refractivity contribution in [3.8, 4) is 0 Å². The Labute approximate surface area is 203 Å². The maximum atomic E-state index is 11.7. The van der Waals surface area contributed by atoms with Crippen LogP contribution in [0.2, 0.25) is 0 Å². The molecule has 0 aliphatic heterocycles. The minimum Gasteiger partial charge on any atom is -0.393 e. The van der Waals surface area contributed by atoms with Crippen LogP contribution in [-0.4, -0.2) is 33.1 Å². The Kier molecular flexibility index (Phi) is 5.72. The SMILES string of the molecule is CC(C)[C@@H](C)[C@@]1(C)C[C@@H]1[C@@H](C)[C@H]1CCC2[C@@H]3C[C@@H](O)[C@@]4(O)C[C@@H](O)CC[C@]4(C)C3CC[C@@]21C. The third-order valence-corrected chi connectivity index (χ3v) is 13.6. The van der Waals surface area contributed by atoms with Crippen LogP contribution in [0.3, 0.4) is 0 Å². The number of hydrogen-bond acceptors (Lipinski definition) is 3. The van der Waals surface area contributed by atoms with E-state index in [0.717, 1.165) is 48.9 Å². The fraction of sp³-hybridized carbons (Fsp3) is 1.00. The number of hydrogen-bond donors (Lipinski definition) is 3. The molecule has 0 aromatic carbocycles. The summed E-state index contributed by atoms with van der Waals surface area (Å²) in [6.45, 7) is 17.3. The lowest BCUT2D eigenvalue weighted by atomic mass is 9.42. The molecule has 5 aliphatic carbocycles. The zero-order valence-electron chi connectivity index (χ0n) is 22.5. The Bertz CT molecular complexity index is 766. The van der Waals surface area contributed by atoms with Crippen molar-refractivity contribution in [2.24, 2.45) is 63.6 Å². The van der Waals surface area contributed by atoms with Gasteiger partial charge in [-0.1, -0.05) is 48.5 Å². The number of fused-ring (bicyclic) bond motifs is 5. The molecule has 5 saturated carbocycles. The quantitative estimate of drug-likeness (QED) is 0.479. The fourth-order valence-corrected chi connectivity index (χ4v) is 10.9.